The number of sulfonamides is 1. The minimum Gasteiger partial charge on any atom is -0.465 e. The maximum atomic E-state index is 12.8. The molecule has 1 aliphatic rings. The van der Waals surface area contributed by atoms with E-state index in [2.05, 4.69) is 0 Å². The number of hydrogen-bond donors (Lipinski definition) is 1. The molecule has 1 N–H and O–H groups in total. The van der Waals surface area contributed by atoms with Crippen LogP contribution in [0.1, 0.15) is 36.0 Å². The van der Waals surface area contributed by atoms with Crippen LogP contribution in [-0.2, 0) is 10.0 Å². The molecule has 1 fully saturated rings. The van der Waals surface area contributed by atoms with Gasteiger partial charge in [0.1, 0.15) is 16.4 Å². The molecule has 1 aliphatic heterocycles. The van der Waals surface area contributed by atoms with Crippen LogP contribution in [0.4, 0.5) is 0 Å². The number of aliphatic hydroxyl groups is 1. The molecule has 0 spiro atoms. The van der Waals surface area contributed by atoms with E-state index in [1.165, 1.54) is 4.31 Å². The number of furan rings is 1. The van der Waals surface area contributed by atoms with Gasteiger partial charge in [-0.05, 0) is 44.2 Å². The summed E-state index contributed by atoms with van der Waals surface area (Å²) in [5, 5.41) is 10.5. The molecule has 0 aliphatic carbocycles. The summed E-state index contributed by atoms with van der Waals surface area (Å²) in [5.74, 6) is 1.10. The first-order valence-electron chi connectivity index (χ1n) is 8.20. The van der Waals surface area contributed by atoms with Crippen molar-refractivity contribution >= 4 is 10.0 Å². The molecular formula is C18H23NO4S. The Morgan fingerprint density at radius 3 is 2.33 bits per heavy atom. The average molecular weight is 349 g/mol. The van der Waals surface area contributed by atoms with Gasteiger partial charge in [0, 0.05) is 13.1 Å². The summed E-state index contributed by atoms with van der Waals surface area (Å²) in [6.45, 7) is 4.25. The molecule has 1 atom stereocenters. The van der Waals surface area contributed by atoms with E-state index in [1.807, 2.05) is 30.3 Å². The molecule has 1 aromatic carbocycles. The van der Waals surface area contributed by atoms with Crippen LogP contribution in [0.15, 0.2) is 45.7 Å². The molecule has 0 bridgehead atoms. The van der Waals surface area contributed by atoms with Crippen LogP contribution >= 0.6 is 0 Å². The highest BCUT2D eigenvalue weighted by Gasteiger charge is 2.34. The van der Waals surface area contributed by atoms with Crippen molar-refractivity contribution in [2.45, 2.75) is 37.7 Å². The SMILES string of the molecule is Cc1cc(S(=O)(=O)N2CCC(C(O)c3ccccc3)CC2)c(C)o1. The summed E-state index contributed by atoms with van der Waals surface area (Å²) in [5.41, 5.74) is 0.889. The number of hydrogen-bond acceptors (Lipinski definition) is 4. The molecule has 6 heteroatoms. The fraction of sp³-hybridized carbons (Fsp3) is 0.444. The number of benzene rings is 1. The quantitative estimate of drug-likeness (QED) is 0.921. The zero-order valence-electron chi connectivity index (χ0n) is 14.0. The second-order valence-corrected chi connectivity index (χ2v) is 8.28. The monoisotopic (exact) mass is 349 g/mol. The zero-order valence-corrected chi connectivity index (χ0v) is 14.8. The minimum absolute atomic E-state index is 0.0750. The molecule has 24 heavy (non-hydrogen) atoms. The number of rotatable bonds is 4. The molecule has 1 saturated heterocycles. The maximum absolute atomic E-state index is 12.8. The lowest BCUT2D eigenvalue weighted by molar-refractivity contribution is 0.0760. The molecule has 2 heterocycles. The molecule has 130 valence electrons. The number of aryl methyl sites for hydroxylation is 2. The van der Waals surface area contributed by atoms with Crippen LogP contribution in [0.3, 0.4) is 0 Å². The van der Waals surface area contributed by atoms with Crippen molar-refractivity contribution in [2.75, 3.05) is 13.1 Å². The highest BCUT2D eigenvalue weighted by Crippen LogP contribution is 2.33. The third kappa shape index (κ3) is 3.27. The second-order valence-electron chi connectivity index (χ2n) is 6.37. The first kappa shape index (κ1) is 17.2. The van der Waals surface area contributed by atoms with Crippen molar-refractivity contribution in [3.8, 4) is 0 Å². The lowest BCUT2D eigenvalue weighted by Gasteiger charge is -2.33. The van der Waals surface area contributed by atoms with Gasteiger partial charge in [0.05, 0.1) is 6.10 Å². The normalized spacial score (nSPS) is 18.6. The Morgan fingerprint density at radius 2 is 1.79 bits per heavy atom. The van der Waals surface area contributed by atoms with E-state index in [4.69, 9.17) is 4.42 Å². The third-order valence-electron chi connectivity index (χ3n) is 4.70. The van der Waals surface area contributed by atoms with Crippen molar-refractivity contribution < 1.29 is 17.9 Å². The van der Waals surface area contributed by atoms with E-state index in [0.29, 0.717) is 37.5 Å². The van der Waals surface area contributed by atoms with Gasteiger partial charge in [0.2, 0.25) is 10.0 Å². The summed E-state index contributed by atoms with van der Waals surface area (Å²) >= 11 is 0. The Morgan fingerprint density at radius 1 is 1.17 bits per heavy atom. The zero-order chi connectivity index (χ0) is 17.3. The van der Waals surface area contributed by atoms with Gasteiger partial charge in [0.25, 0.3) is 0 Å². The summed E-state index contributed by atoms with van der Waals surface area (Å²) < 4.78 is 32.4. The Hall–Kier alpha value is -1.63. The van der Waals surface area contributed by atoms with Crippen molar-refractivity contribution in [3.63, 3.8) is 0 Å². The molecule has 2 aromatic rings. The second kappa shape index (κ2) is 6.70. The van der Waals surface area contributed by atoms with Crippen molar-refractivity contribution in [2.24, 2.45) is 5.92 Å². The summed E-state index contributed by atoms with van der Waals surface area (Å²) in [7, 11) is -3.53. The van der Waals surface area contributed by atoms with Crippen molar-refractivity contribution in [1.29, 1.82) is 0 Å². The predicted octanol–water partition coefficient (Wildman–Crippen LogP) is 3.03. The van der Waals surface area contributed by atoms with Gasteiger partial charge in [-0.2, -0.15) is 4.31 Å². The predicted molar refractivity (Wildman–Crippen MR) is 91.1 cm³/mol. The fourth-order valence-electron chi connectivity index (χ4n) is 3.36. The molecule has 1 aromatic heterocycles. The van der Waals surface area contributed by atoms with E-state index in [0.717, 1.165) is 5.56 Å². The Balaban J connectivity index is 1.70. The number of piperidine rings is 1. The van der Waals surface area contributed by atoms with Crippen LogP contribution in [-0.4, -0.2) is 30.9 Å². The van der Waals surface area contributed by atoms with Gasteiger partial charge in [-0.15, -0.1) is 0 Å². The first-order valence-corrected chi connectivity index (χ1v) is 9.64. The van der Waals surface area contributed by atoms with Gasteiger partial charge in [-0.25, -0.2) is 8.42 Å². The fourth-order valence-corrected chi connectivity index (χ4v) is 5.05. The molecule has 3 rings (SSSR count). The average Bonchev–Trinajstić information content (AvgIpc) is 2.94. The Labute approximate surface area is 143 Å². The Kier molecular flexibility index (Phi) is 4.80. The lowest BCUT2D eigenvalue weighted by atomic mass is 9.88. The Bertz CT molecular complexity index is 790. The van der Waals surface area contributed by atoms with Crippen LogP contribution in [0, 0.1) is 19.8 Å². The number of aliphatic hydroxyl groups excluding tert-OH is 1. The topological polar surface area (TPSA) is 70.8 Å². The largest absolute Gasteiger partial charge is 0.465 e. The molecule has 0 saturated carbocycles. The highest BCUT2D eigenvalue weighted by atomic mass is 32.2. The van der Waals surface area contributed by atoms with Crippen LogP contribution in [0.2, 0.25) is 0 Å². The molecule has 0 radical (unpaired) electrons. The van der Waals surface area contributed by atoms with Crippen molar-refractivity contribution in [1.82, 2.24) is 4.31 Å². The summed E-state index contributed by atoms with van der Waals surface area (Å²) in [6, 6.07) is 11.1. The summed E-state index contributed by atoms with van der Waals surface area (Å²) in [6.07, 6.45) is 0.741. The molecule has 0 amide bonds. The van der Waals surface area contributed by atoms with Gasteiger partial charge in [0.15, 0.2) is 0 Å². The van der Waals surface area contributed by atoms with E-state index in [1.54, 1.807) is 19.9 Å². The third-order valence-corrected chi connectivity index (χ3v) is 6.71. The van der Waals surface area contributed by atoms with E-state index in [9.17, 15) is 13.5 Å². The van der Waals surface area contributed by atoms with Crippen LogP contribution < -0.4 is 0 Å². The molecular weight excluding hydrogens is 326 g/mol. The number of nitrogens with zero attached hydrogens (tertiary/aromatic N) is 1. The van der Waals surface area contributed by atoms with Crippen LogP contribution in [0.25, 0.3) is 0 Å². The van der Waals surface area contributed by atoms with E-state index < -0.39 is 16.1 Å². The van der Waals surface area contributed by atoms with Crippen molar-refractivity contribution in [3.05, 3.63) is 53.5 Å². The standard InChI is InChI=1S/C18H23NO4S/c1-13-12-17(14(2)23-13)24(21,22)19-10-8-16(9-11-19)18(20)15-6-4-3-5-7-15/h3-7,12,16,18,20H,8-11H2,1-2H3. The van der Waals surface area contributed by atoms with Gasteiger partial charge in [-0.1, -0.05) is 30.3 Å². The molecule has 5 nitrogen and oxygen atoms in total. The van der Waals surface area contributed by atoms with Gasteiger partial charge < -0.3 is 9.52 Å². The first-order chi connectivity index (χ1) is 11.4. The summed E-state index contributed by atoms with van der Waals surface area (Å²) in [4.78, 5) is 0.252. The highest BCUT2D eigenvalue weighted by molar-refractivity contribution is 7.89. The van der Waals surface area contributed by atoms with Gasteiger partial charge in [-0.3, -0.25) is 0 Å². The minimum atomic E-state index is -3.53. The maximum Gasteiger partial charge on any atom is 0.246 e. The lowest BCUT2D eigenvalue weighted by Crippen LogP contribution is -2.39. The molecule has 1 unspecified atom stereocenters. The van der Waals surface area contributed by atoms with Crippen LogP contribution in [0.5, 0.6) is 0 Å². The van der Waals surface area contributed by atoms with E-state index in [-0.39, 0.29) is 10.8 Å². The smallest absolute Gasteiger partial charge is 0.246 e. The van der Waals surface area contributed by atoms with E-state index >= 15 is 0 Å². The van der Waals surface area contributed by atoms with Gasteiger partial charge >= 0.3 is 0 Å².